The first kappa shape index (κ1) is 14.2. The molecule has 6 heteroatoms. The van der Waals surface area contributed by atoms with Gasteiger partial charge in [-0.1, -0.05) is 12.8 Å². The molecule has 106 valence electrons. The molecule has 18 heavy (non-hydrogen) atoms. The SMILES string of the molecule is NCCOC1CCN(S(=O)(=O)C2CCCC2)CC1. The molecule has 1 saturated carbocycles. The third-order valence-corrected chi connectivity index (χ3v) is 6.35. The van der Waals surface area contributed by atoms with Crippen molar-refractivity contribution >= 4 is 10.0 Å². The molecule has 0 atom stereocenters. The summed E-state index contributed by atoms with van der Waals surface area (Å²) in [4.78, 5) is 0. The Hall–Kier alpha value is -0.170. The number of ether oxygens (including phenoxy) is 1. The highest BCUT2D eigenvalue weighted by Gasteiger charge is 2.36. The summed E-state index contributed by atoms with van der Waals surface area (Å²) in [6, 6.07) is 0. The molecule has 0 bridgehead atoms. The maximum Gasteiger partial charge on any atom is 0.216 e. The molecule has 2 fully saturated rings. The van der Waals surface area contributed by atoms with E-state index in [9.17, 15) is 8.42 Å². The smallest absolute Gasteiger partial charge is 0.216 e. The van der Waals surface area contributed by atoms with Crippen molar-refractivity contribution in [3.05, 3.63) is 0 Å². The van der Waals surface area contributed by atoms with E-state index in [0.29, 0.717) is 26.2 Å². The Bertz CT molecular complexity index is 344. The Morgan fingerprint density at radius 3 is 2.28 bits per heavy atom. The minimum atomic E-state index is -3.05. The number of sulfonamides is 1. The normalized spacial score (nSPS) is 24.7. The molecule has 1 heterocycles. The minimum Gasteiger partial charge on any atom is -0.377 e. The van der Waals surface area contributed by atoms with Gasteiger partial charge in [-0.3, -0.25) is 0 Å². The number of hydrogen-bond donors (Lipinski definition) is 1. The molecular weight excluding hydrogens is 252 g/mol. The summed E-state index contributed by atoms with van der Waals surface area (Å²) >= 11 is 0. The van der Waals surface area contributed by atoms with Gasteiger partial charge in [-0.05, 0) is 25.7 Å². The van der Waals surface area contributed by atoms with Gasteiger partial charge in [-0.25, -0.2) is 12.7 Å². The molecule has 0 aromatic carbocycles. The molecule has 1 aliphatic carbocycles. The number of hydrogen-bond acceptors (Lipinski definition) is 4. The van der Waals surface area contributed by atoms with Gasteiger partial charge in [-0.2, -0.15) is 0 Å². The Morgan fingerprint density at radius 1 is 1.11 bits per heavy atom. The van der Waals surface area contributed by atoms with Gasteiger partial charge in [0.25, 0.3) is 0 Å². The predicted octanol–water partition coefficient (Wildman–Crippen LogP) is 0.698. The van der Waals surface area contributed by atoms with Gasteiger partial charge in [0.2, 0.25) is 10.0 Å². The molecule has 0 aromatic rings. The second-order valence-corrected chi connectivity index (χ2v) is 7.42. The maximum absolute atomic E-state index is 12.4. The monoisotopic (exact) mass is 276 g/mol. The highest BCUT2D eigenvalue weighted by atomic mass is 32.2. The average Bonchev–Trinajstić information content (AvgIpc) is 2.91. The second-order valence-electron chi connectivity index (χ2n) is 5.21. The first-order valence-electron chi connectivity index (χ1n) is 6.95. The maximum atomic E-state index is 12.4. The molecular formula is C12H24N2O3S. The van der Waals surface area contributed by atoms with Crippen LogP contribution < -0.4 is 5.73 Å². The van der Waals surface area contributed by atoms with Crippen molar-refractivity contribution in [1.82, 2.24) is 4.31 Å². The summed E-state index contributed by atoms with van der Waals surface area (Å²) in [6.07, 6.45) is 5.57. The standard InChI is InChI=1S/C12H24N2O3S/c13-7-10-17-11-5-8-14(9-6-11)18(15,16)12-3-1-2-4-12/h11-12H,1-10,13H2. The number of nitrogens with two attached hydrogens (primary N) is 1. The van der Waals surface area contributed by atoms with Gasteiger partial charge < -0.3 is 10.5 Å². The van der Waals surface area contributed by atoms with Crippen molar-refractivity contribution in [3.8, 4) is 0 Å². The van der Waals surface area contributed by atoms with E-state index in [4.69, 9.17) is 10.5 Å². The number of nitrogens with zero attached hydrogens (tertiary/aromatic N) is 1. The van der Waals surface area contributed by atoms with Gasteiger partial charge in [-0.15, -0.1) is 0 Å². The van der Waals surface area contributed by atoms with Gasteiger partial charge in [0.1, 0.15) is 0 Å². The summed E-state index contributed by atoms with van der Waals surface area (Å²) in [5, 5.41) is -0.126. The fourth-order valence-electron chi connectivity index (χ4n) is 2.88. The zero-order valence-electron chi connectivity index (χ0n) is 10.9. The van der Waals surface area contributed by atoms with Crippen LogP contribution in [0.4, 0.5) is 0 Å². The van der Waals surface area contributed by atoms with Crippen molar-refractivity contribution < 1.29 is 13.2 Å². The first-order valence-corrected chi connectivity index (χ1v) is 8.45. The van der Waals surface area contributed by atoms with Crippen molar-refractivity contribution in [1.29, 1.82) is 0 Å². The molecule has 5 nitrogen and oxygen atoms in total. The summed E-state index contributed by atoms with van der Waals surface area (Å²) < 4.78 is 32.0. The topological polar surface area (TPSA) is 72.6 Å². The van der Waals surface area contributed by atoms with E-state index < -0.39 is 10.0 Å². The lowest BCUT2D eigenvalue weighted by molar-refractivity contribution is 0.0256. The summed E-state index contributed by atoms with van der Waals surface area (Å²) in [5.74, 6) is 0. The molecule has 2 aliphatic rings. The van der Waals surface area contributed by atoms with Crippen molar-refractivity contribution in [3.63, 3.8) is 0 Å². The number of piperidine rings is 1. The van der Waals surface area contributed by atoms with E-state index in [1.165, 1.54) is 0 Å². The molecule has 0 unspecified atom stereocenters. The van der Waals surface area contributed by atoms with E-state index in [2.05, 4.69) is 0 Å². The average molecular weight is 276 g/mol. The lowest BCUT2D eigenvalue weighted by atomic mass is 10.1. The Labute approximate surface area is 110 Å². The van der Waals surface area contributed by atoms with Gasteiger partial charge in [0, 0.05) is 19.6 Å². The molecule has 0 amide bonds. The minimum absolute atomic E-state index is 0.126. The van der Waals surface area contributed by atoms with Gasteiger partial charge in [0.15, 0.2) is 0 Å². The van der Waals surface area contributed by atoms with E-state index >= 15 is 0 Å². The Kier molecular flexibility index (Phi) is 5.00. The molecule has 1 saturated heterocycles. The third-order valence-electron chi connectivity index (χ3n) is 3.96. The first-order chi connectivity index (χ1) is 8.64. The molecule has 0 spiro atoms. The zero-order chi connectivity index (χ0) is 13.0. The van der Waals surface area contributed by atoms with Crippen LogP contribution in [-0.2, 0) is 14.8 Å². The molecule has 2 rings (SSSR count). The van der Waals surface area contributed by atoms with E-state index in [1.54, 1.807) is 4.31 Å². The molecule has 2 N–H and O–H groups in total. The second kappa shape index (κ2) is 6.32. The van der Waals surface area contributed by atoms with Crippen LogP contribution in [0.5, 0.6) is 0 Å². The highest BCUT2D eigenvalue weighted by molar-refractivity contribution is 7.89. The highest BCUT2D eigenvalue weighted by Crippen LogP contribution is 2.29. The Morgan fingerprint density at radius 2 is 1.72 bits per heavy atom. The fourth-order valence-corrected chi connectivity index (χ4v) is 4.96. The van der Waals surface area contributed by atoms with E-state index in [1.807, 2.05) is 0 Å². The molecule has 0 radical (unpaired) electrons. The predicted molar refractivity (Wildman–Crippen MR) is 70.8 cm³/mol. The molecule has 0 aromatic heterocycles. The van der Waals surface area contributed by atoms with Crippen LogP contribution in [0.3, 0.4) is 0 Å². The van der Waals surface area contributed by atoms with Crippen LogP contribution in [0.25, 0.3) is 0 Å². The van der Waals surface area contributed by atoms with Crippen molar-refractivity contribution in [2.75, 3.05) is 26.2 Å². The lowest BCUT2D eigenvalue weighted by Crippen LogP contribution is -2.44. The molecule has 1 aliphatic heterocycles. The van der Waals surface area contributed by atoms with Crippen molar-refractivity contribution in [2.24, 2.45) is 5.73 Å². The van der Waals surface area contributed by atoms with Crippen LogP contribution in [0.2, 0.25) is 0 Å². The van der Waals surface area contributed by atoms with Gasteiger partial charge in [0.05, 0.1) is 18.0 Å². The fraction of sp³-hybridized carbons (Fsp3) is 1.00. The third kappa shape index (κ3) is 3.23. The largest absolute Gasteiger partial charge is 0.377 e. The summed E-state index contributed by atoms with van der Waals surface area (Å²) in [7, 11) is -3.05. The van der Waals surface area contributed by atoms with Crippen LogP contribution in [0.1, 0.15) is 38.5 Å². The van der Waals surface area contributed by atoms with Crippen LogP contribution in [-0.4, -0.2) is 50.3 Å². The van der Waals surface area contributed by atoms with E-state index in [-0.39, 0.29) is 11.4 Å². The summed E-state index contributed by atoms with van der Waals surface area (Å²) in [5.41, 5.74) is 5.39. The Balaban J connectivity index is 1.85. The summed E-state index contributed by atoms with van der Waals surface area (Å²) in [6.45, 7) is 2.31. The van der Waals surface area contributed by atoms with Gasteiger partial charge >= 0.3 is 0 Å². The van der Waals surface area contributed by atoms with E-state index in [0.717, 1.165) is 38.5 Å². The van der Waals surface area contributed by atoms with Crippen LogP contribution in [0, 0.1) is 0 Å². The quantitative estimate of drug-likeness (QED) is 0.802. The van der Waals surface area contributed by atoms with Crippen LogP contribution >= 0.6 is 0 Å². The number of rotatable bonds is 5. The lowest BCUT2D eigenvalue weighted by Gasteiger charge is -2.32. The van der Waals surface area contributed by atoms with Crippen LogP contribution in [0.15, 0.2) is 0 Å². The zero-order valence-corrected chi connectivity index (χ0v) is 11.7. The van der Waals surface area contributed by atoms with Crippen molar-refractivity contribution in [2.45, 2.75) is 49.9 Å².